The fraction of sp³-hybridized carbons (Fsp3) is 0.360. The van der Waals surface area contributed by atoms with Crippen LogP contribution in [0.3, 0.4) is 0 Å². The number of hydrogen-bond acceptors (Lipinski definition) is 5. The number of ketones is 1. The van der Waals surface area contributed by atoms with Crippen molar-refractivity contribution in [1.82, 2.24) is 9.80 Å². The Morgan fingerprint density at radius 2 is 1.77 bits per heavy atom. The van der Waals surface area contributed by atoms with Crippen LogP contribution in [0.2, 0.25) is 0 Å². The molecule has 0 aliphatic carbocycles. The van der Waals surface area contributed by atoms with E-state index in [-0.39, 0.29) is 11.3 Å². The molecule has 1 atom stereocenters. The fourth-order valence-corrected chi connectivity index (χ4v) is 3.78. The number of rotatable bonds is 7. The van der Waals surface area contributed by atoms with Crippen LogP contribution >= 0.6 is 0 Å². The molecule has 1 N–H and O–H groups in total. The number of ether oxygens (including phenoxy) is 1. The average Bonchev–Trinajstić information content (AvgIpc) is 2.98. The predicted molar refractivity (Wildman–Crippen MR) is 121 cm³/mol. The van der Waals surface area contributed by atoms with Crippen LogP contribution in [0.1, 0.15) is 35.2 Å². The summed E-state index contributed by atoms with van der Waals surface area (Å²) in [6.45, 7) is 7.30. The normalized spacial score (nSPS) is 18.1. The van der Waals surface area contributed by atoms with Crippen molar-refractivity contribution in [3.8, 4) is 5.75 Å². The zero-order valence-electron chi connectivity index (χ0n) is 18.8. The first-order valence-corrected chi connectivity index (χ1v) is 10.5. The van der Waals surface area contributed by atoms with Gasteiger partial charge in [0.1, 0.15) is 11.5 Å². The Bertz CT molecular complexity index is 1010. The molecule has 1 aliphatic heterocycles. The first kappa shape index (κ1) is 22.6. The highest BCUT2D eigenvalue weighted by atomic mass is 16.5. The van der Waals surface area contributed by atoms with Gasteiger partial charge >= 0.3 is 0 Å². The molecular weight excluding hydrogens is 392 g/mol. The minimum atomic E-state index is -0.659. The van der Waals surface area contributed by atoms with Gasteiger partial charge in [0.2, 0.25) is 0 Å². The molecule has 0 saturated carbocycles. The third-order valence-corrected chi connectivity index (χ3v) is 5.47. The lowest BCUT2D eigenvalue weighted by Crippen LogP contribution is -2.35. The molecule has 31 heavy (non-hydrogen) atoms. The smallest absolute Gasteiger partial charge is 0.295 e. The van der Waals surface area contributed by atoms with Crippen LogP contribution in [0.15, 0.2) is 48.0 Å². The third kappa shape index (κ3) is 4.64. The molecule has 1 aliphatic rings. The number of hydrogen-bond donors (Lipinski definition) is 1. The van der Waals surface area contributed by atoms with Crippen LogP contribution in [0.5, 0.6) is 5.75 Å². The summed E-state index contributed by atoms with van der Waals surface area (Å²) < 4.78 is 5.58. The second kappa shape index (κ2) is 9.35. The van der Waals surface area contributed by atoms with Gasteiger partial charge in [-0.25, -0.2) is 0 Å². The van der Waals surface area contributed by atoms with E-state index in [1.807, 2.05) is 64.0 Å². The highest BCUT2D eigenvalue weighted by Crippen LogP contribution is 2.39. The van der Waals surface area contributed by atoms with Crippen molar-refractivity contribution in [2.45, 2.75) is 26.8 Å². The van der Waals surface area contributed by atoms with Crippen molar-refractivity contribution in [3.05, 3.63) is 70.3 Å². The molecule has 1 saturated heterocycles. The summed E-state index contributed by atoms with van der Waals surface area (Å²) in [4.78, 5) is 29.5. The van der Waals surface area contributed by atoms with Crippen LogP contribution in [0.25, 0.3) is 5.76 Å². The largest absolute Gasteiger partial charge is 0.507 e. The Morgan fingerprint density at radius 1 is 1.10 bits per heavy atom. The van der Waals surface area contributed by atoms with Crippen LogP contribution < -0.4 is 4.74 Å². The van der Waals surface area contributed by atoms with E-state index in [2.05, 4.69) is 0 Å². The molecule has 6 nitrogen and oxygen atoms in total. The van der Waals surface area contributed by atoms with Crippen molar-refractivity contribution >= 4 is 17.4 Å². The monoisotopic (exact) mass is 422 g/mol. The summed E-state index contributed by atoms with van der Waals surface area (Å²) >= 11 is 0. The van der Waals surface area contributed by atoms with Gasteiger partial charge < -0.3 is 19.6 Å². The maximum Gasteiger partial charge on any atom is 0.295 e. The zero-order valence-corrected chi connectivity index (χ0v) is 18.8. The summed E-state index contributed by atoms with van der Waals surface area (Å²) in [5.41, 5.74) is 3.34. The summed E-state index contributed by atoms with van der Waals surface area (Å²) in [5.74, 6) is -0.687. The van der Waals surface area contributed by atoms with E-state index in [4.69, 9.17) is 4.74 Å². The molecule has 6 heteroatoms. The Kier molecular flexibility index (Phi) is 6.81. The van der Waals surface area contributed by atoms with Gasteiger partial charge in [0.15, 0.2) is 0 Å². The fourth-order valence-electron chi connectivity index (χ4n) is 3.78. The Labute approximate surface area is 183 Å². The first-order valence-electron chi connectivity index (χ1n) is 10.5. The van der Waals surface area contributed by atoms with E-state index < -0.39 is 17.7 Å². The Balaban J connectivity index is 2.12. The van der Waals surface area contributed by atoms with Crippen LogP contribution in [-0.2, 0) is 9.59 Å². The molecule has 0 radical (unpaired) electrons. The van der Waals surface area contributed by atoms with E-state index in [9.17, 15) is 14.7 Å². The van der Waals surface area contributed by atoms with Gasteiger partial charge in [0.25, 0.3) is 11.7 Å². The van der Waals surface area contributed by atoms with Gasteiger partial charge in [-0.3, -0.25) is 9.59 Å². The third-order valence-electron chi connectivity index (χ3n) is 5.47. The van der Waals surface area contributed by atoms with Gasteiger partial charge in [-0.1, -0.05) is 29.8 Å². The van der Waals surface area contributed by atoms with E-state index >= 15 is 0 Å². The predicted octanol–water partition coefficient (Wildman–Crippen LogP) is 3.69. The molecule has 1 heterocycles. The van der Waals surface area contributed by atoms with E-state index in [1.54, 1.807) is 23.1 Å². The molecule has 1 unspecified atom stereocenters. The molecule has 1 fully saturated rings. The summed E-state index contributed by atoms with van der Waals surface area (Å²) in [5, 5.41) is 11.2. The number of Topliss-reactive ketones (excluding diaryl/α,β-unsaturated/α-hetero) is 1. The minimum Gasteiger partial charge on any atom is -0.507 e. The van der Waals surface area contributed by atoms with E-state index in [1.165, 1.54) is 0 Å². The van der Waals surface area contributed by atoms with Crippen molar-refractivity contribution in [2.24, 2.45) is 0 Å². The number of carbonyl (C=O) groups is 2. The number of likely N-dealkylation sites (tertiary alicyclic amines) is 1. The molecule has 0 bridgehead atoms. The van der Waals surface area contributed by atoms with Crippen molar-refractivity contribution < 1.29 is 19.4 Å². The SMILES string of the molecule is CCOc1ccc(/C(O)=C2\C(=O)C(=O)N(CCN(C)C)C2c2ccc(C)cc2)cc1C. The lowest BCUT2D eigenvalue weighted by Gasteiger charge is -2.26. The summed E-state index contributed by atoms with van der Waals surface area (Å²) in [6, 6.07) is 12.3. The van der Waals surface area contributed by atoms with Crippen LogP contribution in [-0.4, -0.2) is 60.4 Å². The Hall–Kier alpha value is -3.12. The van der Waals surface area contributed by atoms with E-state index in [0.29, 0.717) is 25.3 Å². The summed E-state index contributed by atoms with van der Waals surface area (Å²) in [7, 11) is 3.83. The number of carbonyl (C=O) groups excluding carboxylic acids is 2. The van der Waals surface area contributed by atoms with Gasteiger partial charge in [0, 0.05) is 18.7 Å². The molecule has 2 aromatic rings. The number of benzene rings is 2. The molecule has 164 valence electrons. The van der Waals surface area contributed by atoms with Gasteiger partial charge in [-0.15, -0.1) is 0 Å². The molecule has 0 aromatic heterocycles. The number of aliphatic hydroxyl groups excluding tert-OH is 1. The van der Waals surface area contributed by atoms with Crippen LogP contribution in [0.4, 0.5) is 0 Å². The minimum absolute atomic E-state index is 0.121. The maximum absolute atomic E-state index is 13.0. The van der Waals surface area contributed by atoms with Gasteiger partial charge in [0.05, 0.1) is 18.2 Å². The first-order chi connectivity index (χ1) is 14.7. The molecule has 1 amide bonds. The molecule has 3 rings (SSSR count). The van der Waals surface area contributed by atoms with Gasteiger partial charge in [-0.2, -0.15) is 0 Å². The molecular formula is C25H30N2O4. The van der Waals surface area contributed by atoms with Crippen molar-refractivity contribution in [1.29, 1.82) is 0 Å². The number of likely N-dealkylation sites (N-methyl/N-ethyl adjacent to an activating group) is 1. The number of nitrogens with zero attached hydrogens (tertiary/aromatic N) is 2. The second-order valence-electron chi connectivity index (χ2n) is 8.12. The van der Waals surface area contributed by atoms with Crippen LogP contribution in [0, 0.1) is 13.8 Å². The van der Waals surface area contributed by atoms with Crippen molar-refractivity contribution in [2.75, 3.05) is 33.8 Å². The van der Waals surface area contributed by atoms with E-state index in [0.717, 1.165) is 22.4 Å². The standard InChI is InChI=1S/C25H30N2O4/c1-6-31-20-12-11-19(15-17(20)3)23(28)21-22(18-9-7-16(2)8-10-18)27(14-13-26(4)5)25(30)24(21)29/h7-12,15,22,28H,6,13-14H2,1-5H3/b23-21+. The van der Waals surface area contributed by atoms with Gasteiger partial charge in [-0.05, 0) is 64.2 Å². The number of aryl methyl sites for hydroxylation is 2. The Morgan fingerprint density at radius 3 is 2.35 bits per heavy atom. The average molecular weight is 423 g/mol. The maximum atomic E-state index is 13.0. The highest BCUT2D eigenvalue weighted by molar-refractivity contribution is 6.46. The lowest BCUT2D eigenvalue weighted by molar-refractivity contribution is -0.140. The summed E-state index contributed by atoms with van der Waals surface area (Å²) in [6.07, 6.45) is 0. The molecule has 2 aromatic carbocycles. The zero-order chi connectivity index (χ0) is 22.7. The number of amides is 1. The quantitative estimate of drug-likeness (QED) is 0.419. The van der Waals surface area contributed by atoms with Crippen molar-refractivity contribution in [3.63, 3.8) is 0 Å². The highest BCUT2D eigenvalue weighted by Gasteiger charge is 2.45. The molecule has 0 spiro atoms. The second-order valence-corrected chi connectivity index (χ2v) is 8.12. The number of aliphatic hydroxyl groups is 1. The topological polar surface area (TPSA) is 70.1 Å². The lowest BCUT2D eigenvalue weighted by atomic mass is 9.94.